The fourth-order valence-corrected chi connectivity index (χ4v) is 3.79. The molecule has 28 heavy (non-hydrogen) atoms. The lowest BCUT2D eigenvalue weighted by Crippen LogP contribution is -2.54. The van der Waals surface area contributed by atoms with Crippen LogP contribution >= 0.6 is 0 Å². The van der Waals surface area contributed by atoms with Crippen molar-refractivity contribution >= 4 is 5.91 Å². The summed E-state index contributed by atoms with van der Waals surface area (Å²) in [6.07, 6.45) is 0.670. The topological polar surface area (TPSA) is 55.1 Å². The van der Waals surface area contributed by atoms with Crippen LogP contribution in [0, 0.1) is 5.92 Å². The molecule has 3 aromatic rings. The first-order valence-corrected chi connectivity index (χ1v) is 9.77. The van der Waals surface area contributed by atoms with Crippen molar-refractivity contribution in [1.82, 2.24) is 5.32 Å². The third-order valence-electron chi connectivity index (χ3n) is 5.06. The highest BCUT2D eigenvalue weighted by Crippen LogP contribution is 2.37. The Balaban J connectivity index is 2.26. The van der Waals surface area contributed by atoms with Crippen molar-refractivity contribution in [2.75, 3.05) is 0 Å². The smallest absolute Gasteiger partial charge is 0.234 e. The van der Waals surface area contributed by atoms with Crippen LogP contribution in [-0.2, 0) is 10.3 Å². The van der Waals surface area contributed by atoms with Gasteiger partial charge in [-0.2, -0.15) is 0 Å². The Morgan fingerprint density at radius 1 is 0.786 bits per heavy atom. The zero-order chi connectivity index (χ0) is 20.0. The molecule has 0 radical (unpaired) electrons. The van der Waals surface area contributed by atoms with E-state index < -0.39 is 11.6 Å². The molecule has 0 aliphatic rings. The minimum absolute atomic E-state index is 0.333. The van der Waals surface area contributed by atoms with Crippen LogP contribution in [-0.4, -0.2) is 11.9 Å². The monoisotopic (exact) mass is 372 g/mol. The Kier molecular flexibility index (Phi) is 6.27. The van der Waals surface area contributed by atoms with Gasteiger partial charge in [0, 0.05) is 0 Å². The summed E-state index contributed by atoms with van der Waals surface area (Å²) in [5, 5.41) is 3.67. The molecule has 3 heteroatoms. The molecule has 0 fully saturated rings. The predicted octanol–water partition coefficient (Wildman–Crippen LogP) is 4.47. The van der Waals surface area contributed by atoms with Gasteiger partial charge in [-0.1, -0.05) is 105 Å². The molecule has 0 aromatic heterocycles. The highest BCUT2D eigenvalue weighted by Gasteiger charge is 2.39. The van der Waals surface area contributed by atoms with Crippen LogP contribution in [0.4, 0.5) is 0 Å². The predicted molar refractivity (Wildman–Crippen MR) is 115 cm³/mol. The molecule has 1 atom stereocenters. The van der Waals surface area contributed by atoms with Crippen molar-refractivity contribution < 1.29 is 4.79 Å². The van der Waals surface area contributed by atoms with Crippen molar-refractivity contribution in [1.29, 1.82) is 0 Å². The van der Waals surface area contributed by atoms with E-state index in [1.807, 2.05) is 54.6 Å². The van der Waals surface area contributed by atoms with Crippen molar-refractivity contribution in [3.8, 4) is 0 Å². The summed E-state index contributed by atoms with van der Waals surface area (Å²) >= 11 is 0. The maximum Gasteiger partial charge on any atom is 0.234 e. The molecular formula is C25H28N2O. The van der Waals surface area contributed by atoms with Crippen molar-refractivity contribution in [2.45, 2.75) is 31.8 Å². The second-order valence-corrected chi connectivity index (χ2v) is 7.58. The SMILES string of the molecule is CC(C)CC(NC(c1ccccc1)(c1ccccc1)c1ccccc1)C(N)=O. The lowest BCUT2D eigenvalue weighted by molar-refractivity contribution is -0.120. The Morgan fingerprint density at radius 2 is 1.14 bits per heavy atom. The molecule has 0 aliphatic heterocycles. The number of amides is 1. The van der Waals surface area contributed by atoms with Crippen LogP contribution in [0.25, 0.3) is 0 Å². The molecule has 0 bridgehead atoms. The van der Waals surface area contributed by atoms with Gasteiger partial charge in [0.25, 0.3) is 0 Å². The van der Waals surface area contributed by atoms with E-state index in [0.717, 1.165) is 16.7 Å². The fraction of sp³-hybridized carbons (Fsp3) is 0.240. The standard InChI is InChI=1S/C25H28N2O/c1-19(2)18-23(24(26)28)27-25(20-12-6-3-7-13-20,21-14-8-4-9-15-21)22-16-10-5-11-17-22/h3-17,19,23,27H,18H2,1-2H3,(H2,26,28). The molecule has 1 unspecified atom stereocenters. The van der Waals surface area contributed by atoms with E-state index in [-0.39, 0.29) is 5.91 Å². The number of hydrogen-bond acceptors (Lipinski definition) is 2. The third-order valence-corrected chi connectivity index (χ3v) is 5.06. The number of rotatable bonds is 8. The molecule has 3 N–H and O–H groups in total. The first kappa shape index (κ1) is 19.8. The largest absolute Gasteiger partial charge is 0.368 e. The van der Waals surface area contributed by atoms with Gasteiger partial charge < -0.3 is 5.73 Å². The van der Waals surface area contributed by atoms with E-state index >= 15 is 0 Å². The minimum Gasteiger partial charge on any atom is -0.368 e. The molecule has 3 aromatic carbocycles. The molecule has 0 spiro atoms. The van der Waals surface area contributed by atoms with Crippen LogP contribution in [0.2, 0.25) is 0 Å². The quantitative estimate of drug-likeness (QED) is 0.573. The lowest BCUT2D eigenvalue weighted by atomic mass is 9.76. The van der Waals surface area contributed by atoms with Gasteiger partial charge in [-0.15, -0.1) is 0 Å². The van der Waals surface area contributed by atoms with Crippen LogP contribution in [0.5, 0.6) is 0 Å². The van der Waals surface area contributed by atoms with Gasteiger partial charge in [-0.05, 0) is 29.0 Å². The molecule has 144 valence electrons. The van der Waals surface area contributed by atoms with E-state index in [9.17, 15) is 4.79 Å². The summed E-state index contributed by atoms with van der Waals surface area (Å²) in [5.74, 6) is 0.00545. The Labute approximate surface area is 167 Å². The number of hydrogen-bond donors (Lipinski definition) is 2. The summed E-state index contributed by atoms with van der Waals surface area (Å²) in [6, 6.07) is 30.3. The molecular weight excluding hydrogens is 344 g/mol. The van der Waals surface area contributed by atoms with Crippen molar-refractivity contribution in [3.05, 3.63) is 108 Å². The number of nitrogens with one attached hydrogen (secondary N) is 1. The van der Waals surface area contributed by atoms with Gasteiger partial charge in [0.15, 0.2) is 0 Å². The zero-order valence-electron chi connectivity index (χ0n) is 16.5. The average molecular weight is 373 g/mol. The molecule has 3 rings (SSSR count). The van der Waals surface area contributed by atoms with E-state index in [1.54, 1.807) is 0 Å². The minimum atomic E-state index is -0.682. The summed E-state index contributed by atoms with van der Waals surface area (Å²) in [5.41, 5.74) is 8.36. The normalized spacial score (nSPS) is 12.7. The maximum absolute atomic E-state index is 12.4. The number of primary amides is 1. The van der Waals surface area contributed by atoms with E-state index in [0.29, 0.717) is 12.3 Å². The molecule has 0 saturated carbocycles. The summed E-state index contributed by atoms with van der Waals surface area (Å²) < 4.78 is 0. The number of benzene rings is 3. The van der Waals surface area contributed by atoms with Gasteiger partial charge >= 0.3 is 0 Å². The molecule has 1 amide bonds. The van der Waals surface area contributed by atoms with E-state index in [4.69, 9.17) is 5.73 Å². The Morgan fingerprint density at radius 3 is 1.43 bits per heavy atom. The van der Waals surface area contributed by atoms with Crippen LogP contribution < -0.4 is 11.1 Å². The van der Waals surface area contributed by atoms with Gasteiger partial charge in [0.2, 0.25) is 5.91 Å². The van der Waals surface area contributed by atoms with Crippen LogP contribution in [0.1, 0.15) is 37.0 Å². The molecule has 0 heterocycles. The highest BCUT2D eigenvalue weighted by molar-refractivity contribution is 5.80. The first-order valence-electron chi connectivity index (χ1n) is 9.77. The molecule has 0 saturated heterocycles. The average Bonchev–Trinajstić information content (AvgIpc) is 2.72. The number of carbonyl (C=O) groups excluding carboxylic acids is 1. The van der Waals surface area contributed by atoms with Crippen molar-refractivity contribution in [2.24, 2.45) is 11.7 Å². The fourth-order valence-electron chi connectivity index (χ4n) is 3.79. The van der Waals surface area contributed by atoms with E-state index in [2.05, 4.69) is 55.6 Å². The first-order chi connectivity index (χ1) is 13.5. The summed E-state index contributed by atoms with van der Waals surface area (Å²) in [4.78, 5) is 12.4. The van der Waals surface area contributed by atoms with Gasteiger partial charge in [0.05, 0.1) is 11.6 Å². The van der Waals surface area contributed by atoms with Gasteiger partial charge in [-0.25, -0.2) is 0 Å². The second kappa shape index (κ2) is 8.85. The van der Waals surface area contributed by atoms with Crippen molar-refractivity contribution in [3.63, 3.8) is 0 Å². The third kappa shape index (κ3) is 4.15. The molecule has 3 nitrogen and oxygen atoms in total. The zero-order valence-corrected chi connectivity index (χ0v) is 16.5. The van der Waals surface area contributed by atoms with Gasteiger partial charge in [-0.3, -0.25) is 10.1 Å². The van der Waals surface area contributed by atoms with Gasteiger partial charge in [0.1, 0.15) is 0 Å². The van der Waals surface area contributed by atoms with Crippen LogP contribution in [0.15, 0.2) is 91.0 Å². The van der Waals surface area contributed by atoms with E-state index in [1.165, 1.54) is 0 Å². The number of carbonyl (C=O) groups is 1. The lowest BCUT2D eigenvalue weighted by Gasteiger charge is -2.40. The summed E-state index contributed by atoms with van der Waals surface area (Å²) in [6.45, 7) is 4.21. The number of nitrogens with two attached hydrogens (primary N) is 1. The second-order valence-electron chi connectivity index (χ2n) is 7.58. The Bertz CT molecular complexity index is 780. The Hall–Kier alpha value is -2.91. The molecule has 0 aliphatic carbocycles. The van der Waals surface area contributed by atoms with Crippen LogP contribution in [0.3, 0.4) is 0 Å². The highest BCUT2D eigenvalue weighted by atomic mass is 16.1. The maximum atomic E-state index is 12.4. The summed E-state index contributed by atoms with van der Waals surface area (Å²) in [7, 11) is 0.